The molecule has 2 heterocycles. The number of likely N-dealkylation sites (tertiary alicyclic amines) is 1. The second-order valence-corrected chi connectivity index (χ2v) is 7.42. The number of aromatic nitrogens is 2. The Morgan fingerprint density at radius 2 is 1.89 bits per heavy atom. The molecule has 0 bridgehead atoms. The molecule has 0 unspecified atom stereocenters. The van der Waals surface area contributed by atoms with Crippen LogP contribution in [0.15, 0.2) is 42.7 Å². The van der Waals surface area contributed by atoms with Crippen molar-refractivity contribution >= 4 is 17.5 Å². The van der Waals surface area contributed by atoms with Gasteiger partial charge in [-0.15, -0.1) is 0 Å². The molecular formula is C22H30N4O2. The first-order valence-corrected chi connectivity index (χ1v) is 10.3. The quantitative estimate of drug-likeness (QED) is 0.760. The first-order valence-electron chi connectivity index (χ1n) is 10.3. The minimum absolute atomic E-state index is 0.0665. The number of para-hydroxylation sites is 1. The van der Waals surface area contributed by atoms with Crippen LogP contribution < -0.4 is 5.32 Å². The van der Waals surface area contributed by atoms with Crippen LogP contribution in [0.2, 0.25) is 0 Å². The normalized spacial score (nSPS) is 14.8. The number of rotatable bonds is 8. The van der Waals surface area contributed by atoms with E-state index in [9.17, 15) is 9.59 Å². The Labute approximate surface area is 166 Å². The second-order valence-electron chi connectivity index (χ2n) is 7.42. The molecule has 3 rings (SSSR count). The highest BCUT2D eigenvalue weighted by molar-refractivity contribution is 5.90. The zero-order valence-corrected chi connectivity index (χ0v) is 16.6. The van der Waals surface area contributed by atoms with Crippen LogP contribution in [0.4, 0.5) is 5.69 Å². The maximum absolute atomic E-state index is 12.5. The second kappa shape index (κ2) is 10.1. The van der Waals surface area contributed by atoms with E-state index in [1.807, 2.05) is 41.4 Å². The predicted molar refractivity (Wildman–Crippen MR) is 110 cm³/mol. The number of piperidine rings is 1. The minimum atomic E-state index is 0.0665. The summed E-state index contributed by atoms with van der Waals surface area (Å²) in [6, 6.07) is 9.56. The molecule has 1 fully saturated rings. The maximum Gasteiger partial charge on any atom is 0.224 e. The van der Waals surface area contributed by atoms with Crippen molar-refractivity contribution in [3.8, 4) is 0 Å². The standard InChI is InChI=1S/C22H30N4O2/c1-2-20-23-13-17-25(20)16-12-22(28)26-14-10-18(11-15-26)8-9-21(27)24-19-6-4-3-5-7-19/h3-7,13,17-18H,2,8-12,14-16H2,1H3,(H,24,27). The summed E-state index contributed by atoms with van der Waals surface area (Å²) in [4.78, 5) is 30.9. The smallest absolute Gasteiger partial charge is 0.224 e. The highest BCUT2D eigenvalue weighted by atomic mass is 16.2. The molecule has 1 N–H and O–H groups in total. The van der Waals surface area contributed by atoms with Crippen molar-refractivity contribution in [2.75, 3.05) is 18.4 Å². The Morgan fingerprint density at radius 1 is 1.14 bits per heavy atom. The van der Waals surface area contributed by atoms with E-state index < -0.39 is 0 Å². The Balaban J connectivity index is 1.34. The van der Waals surface area contributed by atoms with Crippen LogP contribution in [0.3, 0.4) is 0 Å². The fourth-order valence-electron chi connectivity index (χ4n) is 3.78. The molecule has 0 aliphatic carbocycles. The third kappa shape index (κ3) is 5.68. The van der Waals surface area contributed by atoms with Gasteiger partial charge >= 0.3 is 0 Å². The topological polar surface area (TPSA) is 67.2 Å². The number of aryl methyl sites for hydroxylation is 2. The first-order chi connectivity index (χ1) is 13.7. The minimum Gasteiger partial charge on any atom is -0.343 e. The van der Waals surface area contributed by atoms with Gasteiger partial charge in [0.25, 0.3) is 0 Å². The number of carbonyl (C=O) groups is 2. The number of benzene rings is 1. The Kier molecular flexibility index (Phi) is 7.23. The molecule has 1 aromatic heterocycles. The van der Waals surface area contributed by atoms with Crippen molar-refractivity contribution in [2.45, 2.75) is 52.0 Å². The largest absolute Gasteiger partial charge is 0.343 e. The van der Waals surface area contributed by atoms with Gasteiger partial charge in [-0.2, -0.15) is 0 Å². The predicted octanol–water partition coefficient (Wildman–Crippen LogP) is 3.49. The van der Waals surface area contributed by atoms with Gasteiger partial charge in [0.15, 0.2) is 0 Å². The summed E-state index contributed by atoms with van der Waals surface area (Å²) in [7, 11) is 0. The van der Waals surface area contributed by atoms with Crippen LogP contribution in [0.25, 0.3) is 0 Å². The molecule has 28 heavy (non-hydrogen) atoms. The molecule has 1 aromatic carbocycles. The molecule has 1 aliphatic rings. The molecule has 1 saturated heterocycles. The molecule has 2 amide bonds. The van der Waals surface area contributed by atoms with Crippen molar-refractivity contribution < 1.29 is 9.59 Å². The lowest BCUT2D eigenvalue weighted by molar-refractivity contribution is -0.133. The van der Waals surface area contributed by atoms with E-state index in [1.165, 1.54) is 0 Å². The van der Waals surface area contributed by atoms with E-state index in [2.05, 4.69) is 21.8 Å². The van der Waals surface area contributed by atoms with Crippen LogP contribution >= 0.6 is 0 Å². The Hall–Kier alpha value is -2.63. The summed E-state index contributed by atoms with van der Waals surface area (Å²) in [5.74, 6) is 1.83. The summed E-state index contributed by atoms with van der Waals surface area (Å²) < 4.78 is 2.07. The lowest BCUT2D eigenvalue weighted by Crippen LogP contribution is -2.39. The van der Waals surface area contributed by atoms with Gasteiger partial charge in [0, 0.05) is 57.0 Å². The van der Waals surface area contributed by atoms with Gasteiger partial charge in [0.2, 0.25) is 11.8 Å². The monoisotopic (exact) mass is 382 g/mol. The van der Waals surface area contributed by atoms with Crippen molar-refractivity contribution in [2.24, 2.45) is 5.92 Å². The third-order valence-corrected chi connectivity index (χ3v) is 5.49. The molecule has 6 nitrogen and oxygen atoms in total. The molecule has 0 atom stereocenters. The van der Waals surface area contributed by atoms with Crippen molar-refractivity contribution in [3.63, 3.8) is 0 Å². The van der Waals surface area contributed by atoms with Gasteiger partial charge in [-0.25, -0.2) is 4.98 Å². The summed E-state index contributed by atoms with van der Waals surface area (Å²) in [6.07, 6.45) is 8.52. The third-order valence-electron chi connectivity index (χ3n) is 5.49. The zero-order chi connectivity index (χ0) is 19.8. The SMILES string of the molecule is CCc1nccn1CCC(=O)N1CCC(CCC(=O)Nc2ccccc2)CC1. The van der Waals surface area contributed by atoms with Gasteiger partial charge < -0.3 is 14.8 Å². The van der Waals surface area contributed by atoms with Gasteiger partial charge in [-0.3, -0.25) is 9.59 Å². The summed E-state index contributed by atoms with van der Waals surface area (Å²) in [6.45, 7) is 4.37. The number of carbonyl (C=O) groups excluding carboxylic acids is 2. The highest BCUT2D eigenvalue weighted by Gasteiger charge is 2.23. The van der Waals surface area contributed by atoms with Crippen LogP contribution in [0.5, 0.6) is 0 Å². The summed E-state index contributed by atoms with van der Waals surface area (Å²) >= 11 is 0. The lowest BCUT2D eigenvalue weighted by Gasteiger charge is -2.32. The Bertz CT molecular complexity index is 764. The number of nitrogens with one attached hydrogen (secondary N) is 1. The summed E-state index contributed by atoms with van der Waals surface area (Å²) in [5, 5.41) is 2.94. The van der Waals surface area contributed by atoms with E-state index >= 15 is 0 Å². The molecule has 6 heteroatoms. The van der Waals surface area contributed by atoms with Crippen LogP contribution in [0, 0.1) is 5.92 Å². The van der Waals surface area contributed by atoms with E-state index in [-0.39, 0.29) is 11.8 Å². The number of imidazole rings is 1. The highest BCUT2D eigenvalue weighted by Crippen LogP contribution is 2.23. The number of anilines is 1. The molecule has 0 radical (unpaired) electrons. The summed E-state index contributed by atoms with van der Waals surface area (Å²) in [5.41, 5.74) is 0.844. The lowest BCUT2D eigenvalue weighted by atomic mass is 9.92. The maximum atomic E-state index is 12.5. The van der Waals surface area contributed by atoms with Crippen LogP contribution in [-0.2, 0) is 22.6 Å². The van der Waals surface area contributed by atoms with E-state index in [4.69, 9.17) is 0 Å². The van der Waals surface area contributed by atoms with E-state index in [0.29, 0.717) is 25.3 Å². The van der Waals surface area contributed by atoms with Gasteiger partial charge in [0.05, 0.1) is 0 Å². The fourth-order valence-corrected chi connectivity index (χ4v) is 3.78. The molecule has 2 aromatic rings. The molecular weight excluding hydrogens is 352 g/mol. The molecule has 150 valence electrons. The average Bonchev–Trinajstić information content (AvgIpc) is 3.19. The van der Waals surface area contributed by atoms with Crippen molar-refractivity contribution in [1.82, 2.24) is 14.5 Å². The van der Waals surface area contributed by atoms with Gasteiger partial charge in [-0.1, -0.05) is 25.1 Å². The van der Waals surface area contributed by atoms with E-state index in [0.717, 1.165) is 50.3 Å². The van der Waals surface area contributed by atoms with E-state index in [1.54, 1.807) is 6.20 Å². The zero-order valence-electron chi connectivity index (χ0n) is 16.6. The fraction of sp³-hybridized carbons (Fsp3) is 0.500. The van der Waals surface area contributed by atoms with Crippen molar-refractivity contribution in [3.05, 3.63) is 48.5 Å². The Morgan fingerprint density at radius 3 is 2.61 bits per heavy atom. The number of hydrogen-bond donors (Lipinski definition) is 1. The number of amides is 2. The van der Waals surface area contributed by atoms with Gasteiger partial charge in [-0.05, 0) is 37.3 Å². The van der Waals surface area contributed by atoms with Crippen LogP contribution in [-0.4, -0.2) is 39.4 Å². The van der Waals surface area contributed by atoms with Crippen molar-refractivity contribution in [1.29, 1.82) is 0 Å². The molecule has 0 spiro atoms. The number of nitrogens with zero attached hydrogens (tertiary/aromatic N) is 3. The average molecular weight is 383 g/mol. The van der Waals surface area contributed by atoms with Crippen LogP contribution in [0.1, 0.15) is 44.9 Å². The van der Waals surface area contributed by atoms with Gasteiger partial charge in [0.1, 0.15) is 5.82 Å². The molecule has 1 aliphatic heterocycles. The first kappa shape index (κ1) is 20.1. The molecule has 0 saturated carbocycles. The number of hydrogen-bond acceptors (Lipinski definition) is 3.